The molecule has 1 aromatic carbocycles. The maximum atomic E-state index is 13.9. The number of nitrogens with one attached hydrogen (secondary N) is 1. The normalized spacial score (nSPS) is 12.7. The molecule has 0 spiro atoms. The van der Waals surface area contributed by atoms with E-state index in [2.05, 4.69) is 10.5 Å². The summed E-state index contributed by atoms with van der Waals surface area (Å²) in [5, 5.41) is 4.28. The van der Waals surface area contributed by atoms with Gasteiger partial charge in [0.25, 0.3) is 0 Å². The van der Waals surface area contributed by atoms with Crippen LogP contribution in [0.2, 0.25) is 0 Å². The molecule has 1 atom stereocenters. The van der Waals surface area contributed by atoms with Gasteiger partial charge in [0.1, 0.15) is 0 Å². The Morgan fingerprint density at radius 2 is 2.11 bits per heavy atom. The molecule has 3 N–H and O–H groups in total. The zero-order chi connectivity index (χ0) is 14.0. The van der Waals surface area contributed by atoms with Crippen LogP contribution in [0.15, 0.2) is 24.4 Å². The number of benzene rings is 1. The third kappa shape index (κ3) is 2.50. The SMILES string of the molecule is CCc1nn(C)cc1C(NN)c1cccc(F)c1F. The Labute approximate surface area is 110 Å². The maximum Gasteiger partial charge on any atom is 0.163 e. The van der Waals surface area contributed by atoms with Gasteiger partial charge in [-0.3, -0.25) is 10.5 Å². The van der Waals surface area contributed by atoms with E-state index in [0.717, 1.165) is 17.3 Å². The number of aryl methyl sites for hydroxylation is 2. The van der Waals surface area contributed by atoms with E-state index in [1.54, 1.807) is 17.9 Å². The van der Waals surface area contributed by atoms with Crippen molar-refractivity contribution in [3.8, 4) is 0 Å². The first kappa shape index (κ1) is 13.6. The third-order valence-electron chi connectivity index (χ3n) is 3.04. The molecule has 0 radical (unpaired) electrons. The van der Waals surface area contributed by atoms with Crippen LogP contribution in [0.5, 0.6) is 0 Å². The van der Waals surface area contributed by atoms with Crippen LogP contribution < -0.4 is 11.3 Å². The molecule has 0 saturated carbocycles. The van der Waals surface area contributed by atoms with Crippen LogP contribution >= 0.6 is 0 Å². The lowest BCUT2D eigenvalue weighted by Gasteiger charge is -2.17. The van der Waals surface area contributed by atoms with Gasteiger partial charge in [-0.25, -0.2) is 14.2 Å². The Kier molecular flexibility index (Phi) is 3.92. The molecule has 2 aromatic rings. The first-order valence-electron chi connectivity index (χ1n) is 6.01. The molecule has 0 amide bonds. The van der Waals surface area contributed by atoms with Gasteiger partial charge in [0.15, 0.2) is 11.6 Å². The summed E-state index contributed by atoms with van der Waals surface area (Å²) in [5.74, 6) is 3.73. The van der Waals surface area contributed by atoms with Crippen molar-refractivity contribution in [1.29, 1.82) is 0 Å². The van der Waals surface area contributed by atoms with Gasteiger partial charge in [0, 0.05) is 24.4 Å². The van der Waals surface area contributed by atoms with Gasteiger partial charge in [0.2, 0.25) is 0 Å². The van der Waals surface area contributed by atoms with Gasteiger partial charge in [-0.15, -0.1) is 0 Å². The van der Waals surface area contributed by atoms with Crippen LogP contribution in [-0.2, 0) is 13.5 Å². The molecule has 2 rings (SSSR count). The summed E-state index contributed by atoms with van der Waals surface area (Å²) in [6, 6.07) is 3.42. The van der Waals surface area contributed by atoms with E-state index in [4.69, 9.17) is 5.84 Å². The predicted molar refractivity (Wildman–Crippen MR) is 68.1 cm³/mol. The van der Waals surface area contributed by atoms with Gasteiger partial charge in [-0.05, 0) is 12.5 Å². The number of nitrogens with two attached hydrogens (primary N) is 1. The molecule has 1 heterocycles. The molecule has 0 fully saturated rings. The summed E-state index contributed by atoms with van der Waals surface area (Å²) in [6.45, 7) is 1.95. The summed E-state index contributed by atoms with van der Waals surface area (Å²) >= 11 is 0. The van der Waals surface area contributed by atoms with Crippen LogP contribution in [0.1, 0.15) is 29.8 Å². The van der Waals surface area contributed by atoms with Crippen LogP contribution in [-0.4, -0.2) is 9.78 Å². The van der Waals surface area contributed by atoms with Crippen molar-refractivity contribution in [3.05, 3.63) is 52.9 Å². The fourth-order valence-electron chi connectivity index (χ4n) is 2.16. The Hall–Kier alpha value is -1.79. The molecule has 0 aliphatic rings. The van der Waals surface area contributed by atoms with Crippen LogP contribution in [0.3, 0.4) is 0 Å². The Morgan fingerprint density at radius 3 is 2.74 bits per heavy atom. The smallest absolute Gasteiger partial charge is 0.163 e. The molecule has 0 aliphatic heterocycles. The highest BCUT2D eigenvalue weighted by atomic mass is 19.2. The predicted octanol–water partition coefficient (Wildman–Crippen LogP) is 1.81. The van der Waals surface area contributed by atoms with Crippen LogP contribution in [0.4, 0.5) is 8.78 Å². The van der Waals surface area contributed by atoms with Crippen molar-refractivity contribution >= 4 is 0 Å². The lowest BCUT2D eigenvalue weighted by Crippen LogP contribution is -2.30. The molecule has 6 heteroatoms. The fraction of sp³-hybridized carbons (Fsp3) is 0.308. The number of halogens is 2. The molecule has 0 saturated heterocycles. The van der Waals surface area contributed by atoms with E-state index in [9.17, 15) is 8.78 Å². The molecule has 102 valence electrons. The number of aromatic nitrogens is 2. The van der Waals surface area contributed by atoms with Gasteiger partial charge in [-0.2, -0.15) is 5.10 Å². The minimum Gasteiger partial charge on any atom is -0.275 e. The lowest BCUT2D eigenvalue weighted by molar-refractivity contribution is 0.482. The third-order valence-corrected chi connectivity index (χ3v) is 3.04. The molecule has 0 bridgehead atoms. The average molecular weight is 266 g/mol. The minimum atomic E-state index is -0.892. The van der Waals surface area contributed by atoms with Crippen molar-refractivity contribution in [2.75, 3.05) is 0 Å². The lowest BCUT2D eigenvalue weighted by atomic mass is 9.98. The Bertz CT molecular complexity index is 580. The van der Waals surface area contributed by atoms with Crippen molar-refractivity contribution in [2.24, 2.45) is 12.9 Å². The number of hydrogen-bond donors (Lipinski definition) is 2. The number of rotatable bonds is 4. The monoisotopic (exact) mass is 266 g/mol. The fourth-order valence-corrected chi connectivity index (χ4v) is 2.16. The second-order valence-electron chi connectivity index (χ2n) is 4.30. The molecule has 19 heavy (non-hydrogen) atoms. The summed E-state index contributed by atoms with van der Waals surface area (Å²) in [4.78, 5) is 0. The molecular formula is C13H16F2N4. The molecule has 0 aliphatic carbocycles. The number of hydrogen-bond acceptors (Lipinski definition) is 3. The van der Waals surface area contributed by atoms with E-state index in [0.29, 0.717) is 6.42 Å². The van der Waals surface area contributed by atoms with Gasteiger partial charge < -0.3 is 0 Å². The molecular weight excluding hydrogens is 250 g/mol. The second-order valence-corrected chi connectivity index (χ2v) is 4.30. The highest BCUT2D eigenvalue weighted by Crippen LogP contribution is 2.27. The van der Waals surface area contributed by atoms with Crippen LogP contribution in [0, 0.1) is 11.6 Å². The quantitative estimate of drug-likeness (QED) is 0.655. The zero-order valence-electron chi connectivity index (χ0n) is 10.8. The van der Waals surface area contributed by atoms with E-state index < -0.39 is 17.7 Å². The molecule has 1 unspecified atom stereocenters. The summed E-state index contributed by atoms with van der Waals surface area (Å²) < 4.78 is 28.8. The molecule has 4 nitrogen and oxygen atoms in total. The number of nitrogens with zero attached hydrogens (tertiary/aromatic N) is 2. The topological polar surface area (TPSA) is 55.9 Å². The molecule has 1 aromatic heterocycles. The standard InChI is InChI=1S/C13H16F2N4/c1-3-11-9(7-19(2)18-11)13(17-16)8-5-4-6-10(14)12(8)15/h4-7,13,17H,3,16H2,1-2H3. The van der Waals surface area contributed by atoms with Crippen molar-refractivity contribution in [3.63, 3.8) is 0 Å². The largest absolute Gasteiger partial charge is 0.275 e. The Balaban J connectivity index is 2.53. The zero-order valence-corrected chi connectivity index (χ0v) is 10.8. The summed E-state index contributed by atoms with van der Waals surface area (Å²) in [7, 11) is 1.78. The minimum absolute atomic E-state index is 0.171. The second kappa shape index (κ2) is 5.46. The first-order valence-corrected chi connectivity index (χ1v) is 6.01. The first-order chi connectivity index (χ1) is 9.08. The van der Waals surface area contributed by atoms with E-state index in [1.165, 1.54) is 12.1 Å². The van der Waals surface area contributed by atoms with Gasteiger partial charge >= 0.3 is 0 Å². The van der Waals surface area contributed by atoms with Crippen molar-refractivity contribution < 1.29 is 8.78 Å². The highest BCUT2D eigenvalue weighted by Gasteiger charge is 2.22. The maximum absolute atomic E-state index is 13.9. The van der Waals surface area contributed by atoms with Crippen molar-refractivity contribution in [1.82, 2.24) is 15.2 Å². The highest BCUT2D eigenvalue weighted by molar-refractivity contribution is 5.34. The van der Waals surface area contributed by atoms with E-state index >= 15 is 0 Å². The van der Waals surface area contributed by atoms with Crippen LogP contribution in [0.25, 0.3) is 0 Å². The van der Waals surface area contributed by atoms with Gasteiger partial charge in [0.05, 0.1) is 11.7 Å². The Morgan fingerprint density at radius 1 is 1.37 bits per heavy atom. The van der Waals surface area contributed by atoms with E-state index in [-0.39, 0.29) is 5.56 Å². The summed E-state index contributed by atoms with van der Waals surface area (Å²) in [6.07, 6.45) is 2.44. The van der Waals surface area contributed by atoms with Crippen molar-refractivity contribution in [2.45, 2.75) is 19.4 Å². The average Bonchev–Trinajstić information content (AvgIpc) is 2.76. The summed E-state index contributed by atoms with van der Waals surface area (Å²) in [5.41, 5.74) is 4.25. The van der Waals surface area contributed by atoms with Gasteiger partial charge in [-0.1, -0.05) is 19.1 Å². The van der Waals surface area contributed by atoms with E-state index in [1.807, 2.05) is 6.92 Å². The number of hydrazine groups is 1.